The minimum atomic E-state index is -0.471. The van der Waals surface area contributed by atoms with Gasteiger partial charge in [0.2, 0.25) is 0 Å². The minimum Gasteiger partial charge on any atom is -0.456 e. The number of likely N-dealkylation sites (N-methyl/N-ethyl adjacent to an activating group) is 1. The molecule has 0 aliphatic heterocycles. The molecule has 0 aliphatic carbocycles. The summed E-state index contributed by atoms with van der Waals surface area (Å²) >= 11 is 0. The third-order valence-corrected chi connectivity index (χ3v) is 2.42. The quantitative estimate of drug-likeness (QED) is 0.815. The van der Waals surface area contributed by atoms with E-state index in [0.717, 1.165) is 5.56 Å². The Morgan fingerprint density at radius 2 is 1.88 bits per heavy atom. The molecule has 1 unspecified atom stereocenters. The topological polar surface area (TPSA) is 38.3 Å². The second-order valence-electron chi connectivity index (χ2n) is 5.11. The van der Waals surface area contributed by atoms with Crippen LogP contribution in [0.3, 0.4) is 0 Å². The molecule has 0 saturated heterocycles. The summed E-state index contributed by atoms with van der Waals surface area (Å²) in [7, 11) is 1.85. The minimum absolute atomic E-state index is 0.179. The molecule has 0 spiro atoms. The van der Waals surface area contributed by atoms with Gasteiger partial charge in [0.25, 0.3) is 0 Å². The number of carbonyl (C=O) groups is 1. The first kappa shape index (κ1) is 13.7. The monoisotopic (exact) mass is 235 g/mol. The third kappa shape index (κ3) is 4.19. The molecule has 0 fully saturated rings. The first-order valence-electron chi connectivity index (χ1n) is 5.86. The first-order chi connectivity index (χ1) is 7.95. The van der Waals surface area contributed by atoms with Gasteiger partial charge in [-0.1, -0.05) is 30.3 Å². The van der Waals surface area contributed by atoms with Crippen LogP contribution in [0.4, 0.5) is 0 Å². The molecule has 0 radical (unpaired) electrons. The SMILES string of the molecule is CNCC(OC(=O)C(C)(C)C)c1ccccc1. The van der Waals surface area contributed by atoms with E-state index in [1.807, 2.05) is 58.2 Å². The molecule has 0 aromatic heterocycles. The van der Waals surface area contributed by atoms with Gasteiger partial charge in [-0.2, -0.15) is 0 Å². The van der Waals surface area contributed by atoms with E-state index >= 15 is 0 Å². The number of nitrogens with one attached hydrogen (secondary N) is 1. The molecule has 3 nitrogen and oxygen atoms in total. The normalized spacial score (nSPS) is 13.2. The highest BCUT2D eigenvalue weighted by molar-refractivity contribution is 5.75. The maximum atomic E-state index is 11.9. The fraction of sp³-hybridized carbons (Fsp3) is 0.500. The highest BCUT2D eigenvalue weighted by atomic mass is 16.5. The lowest BCUT2D eigenvalue weighted by molar-refractivity contribution is -0.158. The van der Waals surface area contributed by atoms with Crippen LogP contribution in [0.5, 0.6) is 0 Å². The summed E-state index contributed by atoms with van der Waals surface area (Å²) in [4.78, 5) is 11.9. The standard InChI is InChI=1S/C14H21NO2/c1-14(2,3)13(16)17-12(10-15-4)11-8-6-5-7-9-11/h5-9,12,15H,10H2,1-4H3. The van der Waals surface area contributed by atoms with Gasteiger partial charge in [-0.25, -0.2) is 0 Å². The molecule has 17 heavy (non-hydrogen) atoms. The highest BCUT2D eigenvalue weighted by Gasteiger charge is 2.26. The largest absolute Gasteiger partial charge is 0.456 e. The first-order valence-corrected chi connectivity index (χ1v) is 5.86. The van der Waals surface area contributed by atoms with E-state index in [-0.39, 0.29) is 12.1 Å². The van der Waals surface area contributed by atoms with Crippen molar-refractivity contribution >= 4 is 5.97 Å². The Balaban J connectivity index is 2.78. The summed E-state index contributed by atoms with van der Waals surface area (Å²) in [5.41, 5.74) is 0.542. The summed E-state index contributed by atoms with van der Waals surface area (Å²) in [6.45, 7) is 6.19. The van der Waals surface area contributed by atoms with Crippen LogP contribution in [0, 0.1) is 5.41 Å². The van der Waals surface area contributed by atoms with Crippen molar-refractivity contribution in [2.75, 3.05) is 13.6 Å². The molecule has 0 heterocycles. The zero-order chi connectivity index (χ0) is 12.9. The highest BCUT2D eigenvalue weighted by Crippen LogP contribution is 2.22. The number of hydrogen-bond acceptors (Lipinski definition) is 3. The summed E-state index contributed by atoms with van der Waals surface area (Å²) < 4.78 is 5.54. The second-order valence-corrected chi connectivity index (χ2v) is 5.11. The van der Waals surface area contributed by atoms with Gasteiger partial charge < -0.3 is 10.1 Å². The Morgan fingerprint density at radius 1 is 1.29 bits per heavy atom. The Morgan fingerprint density at radius 3 is 2.35 bits per heavy atom. The van der Waals surface area contributed by atoms with Gasteiger partial charge in [-0.3, -0.25) is 4.79 Å². The molecular formula is C14H21NO2. The van der Waals surface area contributed by atoms with E-state index < -0.39 is 5.41 Å². The third-order valence-electron chi connectivity index (χ3n) is 2.42. The van der Waals surface area contributed by atoms with Crippen LogP contribution in [0.2, 0.25) is 0 Å². The van der Waals surface area contributed by atoms with Crippen molar-refractivity contribution in [2.24, 2.45) is 5.41 Å². The predicted molar refractivity (Wildman–Crippen MR) is 68.7 cm³/mol. The maximum absolute atomic E-state index is 11.9. The maximum Gasteiger partial charge on any atom is 0.311 e. The van der Waals surface area contributed by atoms with Gasteiger partial charge in [0.1, 0.15) is 6.10 Å². The van der Waals surface area contributed by atoms with Crippen LogP contribution < -0.4 is 5.32 Å². The van der Waals surface area contributed by atoms with Crippen molar-refractivity contribution < 1.29 is 9.53 Å². The van der Waals surface area contributed by atoms with Crippen molar-refractivity contribution in [2.45, 2.75) is 26.9 Å². The molecule has 1 rings (SSSR count). The van der Waals surface area contributed by atoms with Gasteiger partial charge >= 0.3 is 5.97 Å². The number of rotatable bonds is 4. The molecule has 1 atom stereocenters. The molecule has 0 bridgehead atoms. The second kappa shape index (κ2) is 5.82. The Hall–Kier alpha value is -1.35. The smallest absolute Gasteiger partial charge is 0.311 e. The van der Waals surface area contributed by atoms with Gasteiger partial charge in [-0.05, 0) is 33.4 Å². The summed E-state index contributed by atoms with van der Waals surface area (Å²) in [5, 5.41) is 3.05. The summed E-state index contributed by atoms with van der Waals surface area (Å²) in [5.74, 6) is -0.179. The lowest BCUT2D eigenvalue weighted by atomic mass is 9.97. The number of hydrogen-bond donors (Lipinski definition) is 1. The molecule has 94 valence electrons. The van der Waals surface area contributed by atoms with Gasteiger partial charge in [0.15, 0.2) is 0 Å². The molecule has 0 amide bonds. The molecule has 1 N–H and O–H groups in total. The Labute approximate surface area is 103 Å². The molecule has 1 aromatic rings. The van der Waals surface area contributed by atoms with Crippen LogP contribution in [0.25, 0.3) is 0 Å². The van der Waals surface area contributed by atoms with E-state index in [1.165, 1.54) is 0 Å². The van der Waals surface area contributed by atoms with E-state index in [4.69, 9.17) is 4.74 Å². The van der Waals surface area contributed by atoms with Crippen molar-refractivity contribution in [3.05, 3.63) is 35.9 Å². The van der Waals surface area contributed by atoms with Gasteiger partial charge in [-0.15, -0.1) is 0 Å². The molecule has 0 saturated carbocycles. The van der Waals surface area contributed by atoms with Gasteiger partial charge in [0, 0.05) is 6.54 Å². The van der Waals surface area contributed by atoms with E-state index in [9.17, 15) is 4.79 Å². The fourth-order valence-electron chi connectivity index (χ4n) is 1.39. The van der Waals surface area contributed by atoms with Crippen LogP contribution in [0.15, 0.2) is 30.3 Å². The van der Waals surface area contributed by atoms with Crippen LogP contribution in [-0.4, -0.2) is 19.6 Å². The summed E-state index contributed by atoms with van der Waals surface area (Å²) in [6.07, 6.45) is -0.229. The van der Waals surface area contributed by atoms with Crippen molar-refractivity contribution in [1.82, 2.24) is 5.32 Å². The van der Waals surface area contributed by atoms with Crippen LogP contribution >= 0.6 is 0 Å². The lowest BCUT2D eigenvalue weighted by Crippen LogP contribution is -2.29. The number of esters is 1. The van der Waals surface area contributed by atoms with E-state index in [2.05, 4.69) is 5.32 Å². The molecule has 3 heteroatoms. The van der Waals surface area contributed by atoms with E-state index in [1.54, 1.807) is 0 Å². The molecule has 1 aromatic carbocycles. The van der Waals surface area contributed by atoms with E-state index in [0.29, 0.717) is 6.54 Å². The van der Waals surface area contributed by atoms with Crippen molar-refractivity contribution in [1.29, 1.82) is 0 Å². The Kier molecular flexibility index (Phi) is 4.70. The molecular weight excluding hydrogens is 214 g/mol. The predicted octanol–water partition coefficient (Wildman–Crippen LogP) is 2.54. The zero-order valence-electron chi connectivity index (χ0n) is 11.0. The fourth-order valence-corrected chi connectivity index (χ4v) is 1.39. The zero-order valence-corrected chi connectivity index (χ0v) is 11.0. The lowest BCUT2D eigenvalue weighted by Gasteiger charge is -2.23. The number of ether oxygens (including phenoxy) is 1. The van der Waals surface area contributed by atoms with Crippen molar-refractivity contribution in [3.8, 4) is 0 Å². The molecule has 0 aliphatic rings. The van der Waals surface area contributed by atoms with Crippen LogP contribution in [-0.2, 0) is 9.53 Å². The average Bonchev–Trinajstić information content (AvgIpc) is 2.28. The Bertz CT molecular complexity index is 354. The van der Waals surface area contributed by atoms with Crippen molar-refractivity contribution in [3.63, 3.8) is 0 Å². The average molecular weight is 235 g/mol. The van der Waals surface area contributed by atoms with Gasteiger partial charge in [0.05, 0.1) is 5.41 Å². The number of carbonyl (C=O) groups excluding carboxylic acids is 1. The summed E-state index contributed by atoms with van der Waals surface area (Å²) in [6, 6.07) is 9.78. The van der Waals surface area contributed by atoms with Crippen LogP contribution in [0.1, 0.15) is 32.4 Å². The number of benzene rings is 1.